The first-order valence-electron chi connectivity index (χ1n) is 9.59. The minimum Gasteiger partial charge on any atom is -0.398 e. The molecule has 3 aromatic rings. The summed E-state index contributed by atoms with van der Waals surface area (Å²) in [5.41, 5.74) is 0. The lowest BCUT2D eigenvalue weighted by Crippen LogP contribution is -2.67. The van der Waals surface area contributed by atoms with Gasteiger partial charge in [-0.2, -0.15) is 0 Å². The van der Waals surface area contributed by atoms with Crippen LogP contribution < -0.4 is 15.7 Å². The third kappa shape index (κ3) is 5.06. The van der Waals surface area contributed by atoms with Crippen LogP contribution in [0.5, 0.6) is 0 Å². The van der Waals surface area contributed by atoms with Crippen LogP contribution in [0.25, 0.3) is 0 Å². The number of carbonyl (C=O) groups excluding carboxylic acids is 1. The number of amides is 1. The lowest BCUT2D eigenvalue weighted by Gasteiger charge is -2.42. The first kappa shape index (κ1) is 22.0. The highest BCUT2D eigenvalue weighted by molar-refractivity contribution is 9.11. The molecule has 0 saturated heterocycles. The van der Waals surface area contributed by atoms with E-state index in [4.69, 9.17) is 4.43 Å². The highest BCUT2D eigenvalue weighted by atomic mass is 79.9. The SMILES string of the molecule is CC(C)(C)[Si](OCC(=O)NCc1ccc(Br)s1)(c1ccccc1)c1ccccc1. The van der Waals surface area contributed by atoms with Crippen LogP contribution in [0.4, 0.5) is 0 Å². The van der Waals surface area contributed by atoms with Crippen molar-refractivity contribution in [2.24, 2.45) is 0 Å². The van der Waals surface area contributed by atoms with E-state index < -0.39 is 8.32 Å². The largest absolute Gasteiger partial charge is 0.398 e. The van der Waals surface area contributed by atoms with Crippen molar-refractivity contribution >= 4 is 51.9 Å². The monoisotopic (exact) mass is 487 g/mol. The van der Waals surface area contributed by atoms with Gasteiger partial charge in [-0.25, -0.2) is 0 Å². The number of carbonyl (C=O) groups is 1. The molecule has 29 heavy (non-hydrogen) atoms. The Kier molecular flexibility index (Phi) is 7.11. The van der Waals surface area contributed by atoms with Gasteiger partial charge in [0, 0.05) is 4.88 Å². The average molecular weight is 489 g/mol. The van der Waals surface area contributed by atoms with Crippen molar-refractivity contribution in [1.82, 2.24) is 5.32 Å². The molecule has 0 unspecified atom stereocenters. The molecule has 0 radical (unpaired) electrons. The summed E-state index contributed by atoms with van der Waals surface area (Å²) in [6.45, 7) is 7.18. The molecule has 2 aromatic carbocycles. The second-order valence-corrected chi connectivity index (χ2v) is 14.8. The fourth-order valence-electron chi connectivity index (χ4n) is 3.62. The van der Waals surface area contributed by atoms with Gasteiger partial charge >= 0.3 is 0 Å². The summed E-state index contributed by atoms with van der Waals surface area (Å²) < 4.78 is 7.70. The normalized spacial score (nSPS) is 12.0. The van der Waals surface area contributed by atoms with Crippen molar-refractivity contribution in [3.8, 4) is 0 Å². The maximum absolute atomic E-state index is 12.6. The van der Waals surface area contributed by atoms with E-state index in [-0.39, 0.29) is 17.6 Å². The number of benzene rings is 2. The third-order valence-corrected chi connectivity index (χ3v) is 11.5. The van der Waals surface area contributed by atoms with Gasteiger partial charge in [-0.1, -0.05) is 81.4 Å². The Morgan fingerprint density at radius 3 is 1.97 bits per heavy atom. The van der Waals surface area contributed by atoms with E-state index in [1.807, 2.05) is 48.5 Å². The van der Waals surface area contributed by atoms with Gasteiger partial charge in [-0.15, -0.1) is 11.3 Å². The topological polar surface area (TPSA) is 38.3 Å². The van der Waals surface area contributed by atoms with Gasteiger partial charge in [0.05, 0.1) is 10.3 Å². The molecule has 0 aliphatic heterocycles. The van der Waals surface area contributed by atoms with Gasteiger partial charge < -0.3 is 9.74 Å². The molecule has 1 heterocycles. The van der Waals surface area contributed by atoms with Gasteiger partial charge in [0.1, 0.15) is 6.61 Å². The van der Waals surface area contributed by atoms with Crippen LogP contribution in [0.1, 0.15) is 25.6 Å². The highest BCUT2D eigenvalue weighted by Gasteiger charge is 2.50. The number of hydrogen-bond acceptors (Lipinski definition) is 3. The lowest BCUT2D eigenvalue weighted by atomic mass is 10.2. The number of halogens is 1. The highest BCUT2D eigenvalue weighted by Crippen LogP contribution is 2.36. The summed E-state index contributed by atoms with van der Waals surface area (Å²) in [4.78, 5) is 13.7. The summed E-state index contributed by atoms with van der Waals surface area (Å²) in [5, 5.41) is 5.19. The molecule has 0 aliphatic carbocycles. The van der Waals surface area contributed by atoms with Crippen molar-refractivity contribution in [3.63, 3.8) is 0 Å². The van der Waals surface area contributed by atoms with Crippen molar-refractivity contribution in [2.75, 3.05) is 6.61 Å². The van der Waals surface area contributed by atoms with E-state index in [9.17, 15) is 4.79 Å². The zero-order chi connectivity index (χ0) is 20.9. The first-order chi connectivity index (χ1) is 13.8. The van der Waals surface area contributed by atoms with E-state index in [1.165, 1.54) is 10.4 Å². The molecule has 0 aliphatic rings. The molecule has 1 amide bonds. The molecule has 1 N–H and O–H groups in total. The Morgan fingerprint density at radius 1 is 0.966 bits per heavy atom. The van der Waals surface area contributed by atoms with Crippen LogP contribution in [0.15, 0.2) is 76.6 Å². The van der Waals surface area contributed by atoms with E-state index >= 15 is 0 Å². The standard InChI is InChI=1S/C23H26BrNO2SSi/c1-23(2,3)29(19-10-6-4-7-11-19,20-12-8-5-9-13-20)27-17-22(26)25-16-18-14-15-21(24)28-18/h4-15H,16-17H2,1-3H3,(H,25,26). The molecule has 0 atom stereocenters. The number of rotatable bonds is 7. The molecular weight excluding hydrogens is 462 g/mol. The number of thiophene rings is 1. The zero-order valence-electron chi connectivity index (χ0n) is 16.9. The fraction of sp³-hybridized carbons (Fsp3) is 0.261. The van der Waals surface area contributed by atoms with Gasteiger partial charge in [-0.05, 0) is 43.5 Å². The predicted octanol–water partition coefficient (Wildman–Crippen LogP) is 4.70. The summed E-state index contributed by atoms with van der Waals surface area (Å²) in [6, 6.07) is 24.7. The predicted molar refractivity (Wildman–Crippen MR) is 127 cm³/mol. The summed E-state index contributed by atoms with van der Waals surface area (Å²) >= 11 is 5.08. The molecule has 0 saturated carbocycles. The van der Waals surface area contributed by atoms with Crippen molar-refractivity contribution in [2.45, 2.75) is 32.4 Å². The van der Waals surface area contributed by atoms with Gasteiger partial charge in [0.2, 0.25) is 5.91 Å². The second kappa shape index (κ2) is 9.39. The smallest absolute Gasteiger partial charge is 0.261 e. The van der Waals surface area contributed by atoms with Crippen LogP contribution in [0.3, 0.4) is 0 Å². The third-order valence-electron chi connectivity index (χ3n) is 4.93. The van der Waals surface area contributed by atoms with Gasteiger partial charge in [0.15, 0.2) is 0 Å². The van der Waals surface area contributed by atoms with Crippen LogP contribution >= 0.6 is 27.3 Å². The second-order valence-electron chi connectivity index (χ2n) is 7.93. The maximum atomic E-state index is 12.6. The lowest BCUT2D eigenvalue weighted by molar-refractivity contribution is -0.123. The summed E-state index contributed by atoms with van der Waals surface area (Å²) in [6.07, 6.45) is 0. The average Bonchev–Trinajstić information content (AvgIpc) is 3.13. The molecule has 1 aromatic heterocycles. The van der Waals surface area contributed by atoms with Crippen LogP contribution in [-0.2, 0) is 15.8 Å². The molecule has 6 heteroatoms. The van der Waals surface area contributed by atoms with Gasteiger partial charge in [0.25, 0.3) is 8.32 Å². The van der Waals surface area contributed by atoms with Crippen molar-refractivity contribution < 1.29 is 9.22 Å². The van der Waals surface area contributed by atoms with Crippen molar-refractivity contribution in [1.29, 1.82) is 0 Å². The van der Waals surface area contributed by atoms with E-state index in [1.54, 1.807) is 11.3 Å². The first-order valence-corrected chi connectivity index (χ1v) is 13.1. The molecule has 0 bridgehead atoms. The Labute approximate surface area is 186 Å². The molecular formula is C23H26BrNO2SSi. The molecule has 3 nitrogen and oxygen atoms in total. The van der Waals surface area contributed by atoms with Crippen LogP contribution in [-0.4, -0.2) is 20.8 Å². The quantitative estimate of drug-likeness (QED) is 0.490. The number of hydrogen-bond donors (Lipinski definition) is 1. The zero-order valence-corrected chi connectivity index (χ0v) is 20.3. The van der Waals surface area contributed by atoms with Gasteiger partial charge in [-0.3, -0.25) is 4.79 Å². The minimum absolute atomic E-state index is 0.0415. The van der Waals surface area contributed by atoms with E-state index in [2.05, 4.69) is 66.3 Å². The Morgan fingerprint density at radius 2 is 1.52 bits per heavy atom. The molecule has 0 fully saturated rings. The Bertz CT molecular complexity index is 899. The molecule has 0 spiro atoms. The summed E-state index contributed by atoms with van der Waals surface area (Å²) in [5.74, 6) is -0.0949. The summed E-state index contributed by atoms with van der Waals surface area (Å²) in [7, 11) is -2.68. The minimum atomic E-state index is -2.68. The molecule has 3 rings (SSSR count). The maximum Gasteiger partial charge on any atom is 0.261 e. The van der Waals surface area contributed by atoms with Crippen molar-refractivity contribution in [3.05, 3.63) is 81.5 Å². The Balaban J connectivity index is 1.86. The fourth-order valence-corrected chi connectivity index (χ4v) is 9.54. The number of nitrogens with one attached hydrogen (secondary N) is 1. The molecule has 152 valence electrons. The van der Waals surface area contributed by atoms with Crippen LogP contribution in [0.2, 0.25) is 5.04 Å². The van der Waals surface area contributed by atoms with Crippen LogP contribution in [0, 0.1) is 0 Å². The van der Waals surface area contributed by atoms with E-state index in [0.717, 1.165) is 8.66 Å². The Hall–Kier alpha value is -1.73. The van der Waals surface area contributed by atoms with E-state index in [0.29, 0.717) is 6.54 Å².